The molecule has 3 aliphatic carbocycles. The number of hydrogen-bond donors (Lipinski definition) is 1. The monoisotopic (exact) mass is 223 g/mol. The minimum atomic E-state index is 0.623. The van der Waals surface area contributed by atoms with Crippen LogP contribution in [0, 0.1) is 17.3 Å². The van der Waals surface area contributed by atoms with Gasteiger partial charge in [-0.1, -0.05) is 6.42 Å². The topological polar surface area (TPSA) is 21.3 Å². The molecule has 16 heavy (non-hydrogen) atoms. The maximum Gasteiger partial charge on any atom is 0.0468 e. The van der Waals surface area contributed by atoms with Crippen molar-refractivity contribution in [2.75, 3.05) is 20.3 Å². The van der Waals surface area contributed by atoms with E-state index in [1.807, 2.05) is 7.11 Å². The zero-order chi connectivity index (χ0) is 11.0. The van der Waals surface area contributed by atoms with Crippen molar-refractivity contribution in [3.63, 3.8) is 0 Å². The summed E-state index contributed by atoms with van der Waals surface area (Å²) in [6, 6.07) is 0.860. The van der Waals surface area contributed by atoms with Crippen LogP contribution in [0.4, 0.5) is 0 Å². The van der Waals surface area contributed by atoms with E-state index in [9.17, 15) is 0 Å². The molecule has 0 spiro atoms. The quantitative estimate of drug-likeness (QED) is 0.747. The molecule has 0 saturated heterocycles. The molecule has 3 saturated carbocycles. The van der Waals surface area contributed by atoms with Crippen molar-refractivity contribution in [2.45, 2.75) is 51.0 Å². The third-order valence-electron chi connectivity index (χ3n) is 5.27. The number of hydrogen-bond acceptors (Lipinski definition) is 2. The molecule has 0 aromatic rings. The molecule has 0 radical (unpaired) electrons. The fraction of sp³-hybridized carbons (Fsp3) is 1.00. The van der Waals surface area contributed by atoms with E-state index in [4.69, 9.17) is 4.74 Å². The van der Waals surface area contributed by atoms with Crippen molar-refractivity contribution >= 4 is 0 Å². The summed E-state index contributed by atoms with van der Waals surface area (Å²) < 4.78 is 5.21. The van der Waals surface area contributed by atoms with E-state index < -0.39 is 0 Å². The first kappa shape index (κ1) is 11.0. The molecule has 0 aromatic carbocycles. The molecule has 3 unspecified atom stereocenters. The van der Waals surface area contributed by atoms with Gasteiger partial charge in [0.1, 0.15) is 0 Å². The maximum atomic E-state index is 5.21. The van der Waals surface area contributed by atoms with E-state index in [0.29, 0.717) is 5.41 Å². The van der Waals surface area contributed by atoms with Crippen molar-refractivity contribution in [3.8, 4) is 0 Å². The molecule has 0 aromatic heterocycles. The maximum absolute atomic E-state index is 5.21. The number of nitrogens with one attached hydrogen (secondary N) is 1. The lowest BCUT2D eigenvalue weighted by molar-refractivity contribution is 0.168. The van der Waals surface area contributed by atoms with Gasteiger partial charge in [0.05, 0.1) is 0 Å². The Labute approximate surface area is 99.1 Å². The Morgan fingerprint density at radius 1 is 1.25 bits per heavy atom. The normalized spacial score (nSPS) is 39.2. The molecule has 3 fully saturated rings. The lowest BCUT2D eigenvalue weighted by Gasteiger charge is -2.26. The van der Waals surface area contributed by atoms with Gasteiger partial charge in [0, 0.05) is 26.3 Å². The number of methoxy groups -OCH3 is 1. The van der Waals surface area contributed by atoms with Gasteiger partial charge in [-0.15, -0.1) is 0 Å². The highest BCUT2D eigenvalue weighted by molar-refractivity contribution is 4.99. The molecule has 0 amide bonds. The van der Waals surface area contributed by atoms with Crippen molar-refractivity contribution in [2.24, 2.45) is 17.3 Å². The summed E-state index contributed by atoms with van der Waals surface area (Å²) in [5.41, 5.74) is 0.623. The first-order valence-corrected chi connectivity index (χ1v) is 7.04. The summed E-state index contributed by atoms with van der Waals surface area (Å²) in [6.07, 6.45) is 10.1. The van der Waals surface area contributed by atoms with Gasteiger partial charge in [-0.05, 0) is 55.8 Å². The number of fused-ring (bicyclic) bond motifs is 2. The Kier molecular flexibility index (Phi) is 2.97. The Balaban J connectivity index is 1.43. The Morgan fingerprint density at radius 2 is 2.12 bits per heavy atom. The fourth-order valence-electron chi connectivity index (χ4n) is 3.85. The average Bonchev–Trinajstić information content (AvgIpc) is 2.76. The van der Waals surface area contributed by atoms with E-state index in [-0.39, 0.29) is 0 Å². The summed E-state index contributed by atoms with van der Waals surface area (Å²) in [6.45, 7) is 2.20. The second-order valence-corrected chi connectivity index (χ2v) is 6.41. The third kappa shape index (κ3) is 2.14. The molecule has 2 nitrogen and oxygen atoms in total. The molecule has 0 heterocycles. The third-order valence-corrected chi connectivity index (χ3v) is 5.27. The van der Waals surface area contributed by atoms with Crippen molar-refractivity contribution < 1.29 is 4.74 Å². The SMILES string of the molecule is COCCC1(CNC2CC3CCC2C3)CC1. The number of ether oxygens (including phenoxy) is 1. The minimum Gasteiger partial charge on any atom is -0.385 e. The zero-order valence-corrected chi connectivity index (χ0v) is 10.5. The Bertz CT molecular complexity index is 249. The lowest BCUT2D eigenvalue weighted by atomic mass is 9.94. The van der Waals surface area contributed by atoms with Crippen LogP contribution in [0.25, 0.3) is 0 Å². The van der Waals surface area contributed by atoms with Crippen LogP contribution in [-0.2, 0) is 4.74 Å². The van der Waals surface area contributed by atoms with Crippen molar-refractivity contribution in [3.05, 3.63) is 0 Å². The fourth-order valence-corrected chi connectivity index (χ4v) is 3.85. The summed E-state index contributed by atoms with van der Waals surface area (Å²) in [7, 11) is 1.82. The van der Waals surface area contributed by atoms with Crippen LogP contribution in [0.5, 0.6) is 0 Å². The summed E-state index contributed by atoms with van der Waals surface area (Å²) >= 11 is 0. The first-order valence-electron chi connectivity index (χ1n) is 7.04. The molecule has 1 N–H and O–H groups in total. The predicted molar refractivity (Wildman–Crippen MR) is 65.4 cm³/mol. The first-order chi connectivity index (χ1) is 7.81. The van der Waals surface area contributed by atoms with Gasteiger partial charge < -0.3 is 10.1 Å². The second kappa shape index (κ2) is 4.30. The largest absolute Gasteiger partial charge is 0.385 e. The van der Waals surface area contributed by atoms with Crippen LogP contribution in [0.2, 0.25) is 0 Å². The van der Waals surface area contributed by atoms with Crippen LogP contribution in [0.3, 0.4) is 0 Å². The molecule has 2 bridgehead atoms. The Morgan fingerprint density at radius 3 is 2.69 bits per heavy atom. The highest BCUT2D eigenvalue weighted by Gasteiger charge is 2.44. The number of rotatable bonds is 6. The molecule has 3 atom stereocenters. The van der Waals surface area contributed by atoms with Crippen LogP contribution in [0.1, 0.15) is 44.9 Å². The van der Waals surface area contributed by atoms with Crippen LogP contribution < -0.4 is 5.32 Å². The highest BCUT2D eigenvalue weighted by Crippen LogP contribution is 2.49. The lowest BCUT2D eigenvalue weighted by Crippen LogP contribution is -2.38. The van der Waals surface area contributed by atoms with Gasteiger partial charge in [0.2, 0.25) is 0 Å². The van der Waals surface area contributed by atoms with Gasteiger partial charge in [0.15, 0.2) is 0 Å². The van der Waals surface area contributed by atoms with E-state index in [0.717, 1.165) is 24.5 Å². The summed E-state index contributed by atoms with van der Waals surface area (Å²) in [5, 5.41) is 3.87. The van der Waals surface area contributed by atoms with Gasteiger partial charge in [0.25, 0.3) is 0 Å². The van der Waals surface area contributed by atoms with Gasteiger partial charge >= 0.3 is 0 Å². The van der Waals surface area contributed by atoms with E-state index in [2.05, 4.69) is 5.32 Å². The molecule has 92 valence electrons. The Hall–Kier alpha value is -0.0800. The predicted octanol–water partition coefficient (Wildman–Crippen LogP) is 2.58. The summed E-state index contributed by atoms with van der Waals surface area (Å²) in [4.78, 5) is 0. The van der Waals surface area contributed by atoms with Gasteiger partial charge in [-0.3, -0.25) is 0 Å². The van der Waals surface area contributed by atoms with E-state index in [1.165, 1.54) is 51.5 Å². The van der Waals surface area contributed by atoms with E-state index in [1.54, 1.807) is 0 Å². The molecule has 2 heteroatoms. The molecular formula is C14H25NO. The van der Waals surface area contributed by atoms with Crippen molar-refractivity contribution in [1.29, 1.82) is 0 Å². The molecule has 3 aliphatic rings. The standard InChI is InChI=1S/C14H25NO/c1-16-7-6-14(4-5-14)10-15-13-9-11-2-3-12(13)8-11/h11-13,15H,2-10H2,1H3. The van der Waals surface area contributed by atoms with Crippen LogP contribution in [-0.4, -0.2) is 26.3 Å². The highest BCUT2D eigenvalue weighted by atomic mass is 16.5. The van der Waals surface area contributed by atoms with E-state index >= 15 is 0 Å². The molecule has 0 aliphatic heterocycles. The molecule has 3 rings (SSSR count). The van der Waals surface area contributed by atoms with Gasteiger partial charge in [-0.25, -0.2) is 0 Å². The zero-order valence-electron chi connectivity index (χ0n) is 10.5. The van der Waals surface area contributed by atoms with Crippen LogP contribution >= 0.6 is 0 Å². The van der Waals surface area contributed by atoms with Crippen LogP contribution in [0.15, 0.2) is 0 Å². The summed E-state index contributed by atoms with van der Waals surface area (Å²) in [5.74, 6) is 2.08. The van der Waals surface area contributed by atoms with Crippen molar-refractivity contribution in [1.82, 2.24) is 5.32 Å². The van der Waals surface area contributed by atoms with Gasteiger partial charge in [-0.2, -0.15) is 0 Å². The smallest absolute Gasteiger partial charge is 0.0468 e. The molecular weight excluding hydrogens is 198 g/mol. The minimum absolute atomic E-state index is 0.623. The average molecular weight is 223 g/mol. The second-order valence-electron chi connectivity index (χ2n) is 6.41.